The fraction of sp³-hybridized carbons (Fsp3) is 0.818. The Kier molecular flexibility index (Phi) is 7.29. The van der Waals surface area contributed by atoms with E-state index < -0.39 is 0 Å². The molecule has 0 saturated heterocycles. The highest BCUT2D eigenvalue weighted by molar-refractivity contribution is 5.83. The molecule has 0 aliphatic rings. The van der Waals surface area contributed by atoms with Crippen LogP contribution in [0, 0.1) is 11.8 Å². The fourth-order valence-electron chi connectivity index (χ4n) is 1.11. The van der Waals surface area contributed by atoms with Crippen molar-refractivity contribution >= 4 is 11.7 Å². The second kappa shape index (κ2) is 7.89. The van der Waals surface area contributed by atoms with Gasteiger partial charge >= 0.3 is 0 Å². The molecule has 6 heteroatoms. The fourth-order valence-corrected chi connectivity index (χ4v) is 1.11. The molecular weight excluding hydrogens is 220 g/mol. The van der Waals surface area contributed by atoms with Gasteiger partial charge in [0.1, 0.15) is 5.84 Å². The van der Waals surface area contributed by atoms with Crippen LogP contribution in [0.2, 0.25) is 0 Å². The van der Waals surface area contributed by atoms with Crippen molar-refractivity contribution in [3.63, 3.8) is 0 Å². The van der Waals surface area contributed by atoms with Crippen molar-refractivity contribution in [3.8, 4) is 0 Å². The second-order valence-corrected chi connectivity index (χ2v) is 4.69. The van der Waals surface area contributed by atoms with Crippen molar-refractivity contribution in [3.05, 3.63) is 0 Å². The van der Waals surface area contributed by atoms with Gasteiger partial charge in [-0.3, -0.25) is 4.79 Å². The minimum absolute atomic E-state index is 0.0367. The molecule has 0 aromatic carbocycles. The summed E-state index contributed by atoms with van der Waals surface area (Å²) < 4.78 is 0. The van der Waals surface area contributed by atoms with Gasteiger partial charge in [0.05, 0.1) is 6.04 Å². The highest BCUT2D eigenvalue weighted by Crippen LogP contribution is 1.94. The first kappa shape index (κ1) is 15.7. The van der Waals surface area contributed by atoms with E-state index in [1.807, 2.05) is 20.8 Å². The molecule has 2 atom stereocenters. The molecule has 0 aromatic rings. The summed E-state index contributed by atoms with van der Waals surface area (Å²) in [6, 6.07) is -0.289. The summed E-state index contributed by atoms with van der Waals surface area (Å²) in [5.74, 6) is 0.445. The second-order valence-electron chi connectivity index (χ2n) is 4.69. The lowest BCUT2D eigenvalue weighted by Gasteiger charge is -2.17. The summed E-state index contributed by atoms with van der Waals surface area (Å²) in [5.41, 5.74) is 5.44. The first-order valence-electron chi connectivity index (χ1n) is 5.87. The van der Waals surface area contributed by atoms with Gasteiger partial charge in [0.15, 0.2) is 0 Å². The summed E-state index contributed by atoms with van der Waals surface area (Å²) in [6.07, 6.45) is 0. The van der Waals surface area contributed by atoms with E-state index in [-0.39, 0.29) is 23.7 Å². The van der Waals surface area contributed by atoms with Gasteiger partial charge in [0.25, 0.3) is 0 Å². The van der Waals surface area contributed by atoms with Gasteiger partial charge in [-0.2, -0.15) is 0 Å². The number of carbonyl (C=O) groups is 1. The predicted octanol–water partition coefficient (Wildman–Crippen LogP) is 0.119. The first-order valence-corrected chi connectivity index (χ1v) is 5.87. The van der Waals surface area contributed by atoms with Crippen molar-refractivity contribution in [2.75, 3.05) is 13.1 Å². The summed E-state index contributed by atoms with van der Waals surface area (Å²) >= 11 is 0. The van der Waals surface area contributed by atoms with Crippen molar-refractivity contribution in [2.45, 2.75) is 33.7 Å². The van der Waals surface area contributed by atoms with Gasteiger partial charge in [-0.15, -0.1) is 0 Å². The van der Waals surface area contributed by atoms with Crippen molar-refractivity contribution in [2.24, 2.45) is 22.7 Å². The monoisotopic (exact) mass is 244 g/mol. The first-order chi connectivity index (χ1) is 7.88. The standard InChI is InChI=1S/C11H24N4O2/c1-7(2)5-14-11(16)9(4)13-6-8(3)10(12)15-17/h7-9,13,17H,5-6H2,1-4H3,(H2,12,15)(H,14,16). The largest absolute Gasteiger partial charge is 0.409 e. The van der Waals surface area contributed by atoms with Crippen LogP contribution in [-0.4, -0.2) is 36.1 Å². The number of nitrogens with zero attached hydrogens (tertiary/aromatic N) is 1. The van der Waals surface area contributed by atoms with Crippen LogP contribution in [0.5, 0.6) is 0 Å². The highest BCUT2D eigenvalue weighted by Gasteiger charge is 2.14. The quantitative estimate of drug-likeness (QED) is 0.221. The third-order valence-electron chi connectivity index (χ3n) is 2.43. The van der Waals surface area contributed by atoms with Crippen molar-refractivity contribution < 1.29 is 10.0 Å². The number of amidine groups is 1. The van der Waals surface area contributed by atoms with Crippen LogP contribution in [0.15, 0.2) is 5.16 Å². The molecule has 0 rings (SSSR count). The molecule has 0 heterocycles. The van der Waals surface area contributed by atoms with Gasteiger partial charge in [-0.05, 0) is 12.8 Å². The van der Waals surface area contributed by atoms with E-state index in [1.165, 1.54) is 0 Å². The minimum Gasteiger partial charge on any atom is -0.409 e. The Labute approximate surface area is 103 Å². The highest BCUT2D eigenvalue weighted by atomic mass is 16.4. The summed E-state index contributed by atoms with van der Waals surface area (Å²) in [7, 11) is 0. The SMILES string of the molecule is CC(C)CNC(=O)C(C)NCC(C)C(N)=NO. The molecule has 6 nitrogen and oxygen atoms in total. The molecule has 0 spiro atoms. The molecule has 0 fully saturated rings. The number of hydrogen-bond acceptors (Lipinski definition) is 4. The molecule has 17 heavy (non-hydrogen) atoms. The van der Waals surface area contributed by atoms with Crippen LogP contribution >= 0.6 is 0 Å². The van der Waals surface area contributed by atoms with Crippen molar-refractivity contribution in [1.82, 2.24) is 10.6 Å². The Morgan fingerprint density at radius 3 is 2.35 bits per heavy atom. The van der Waals surface area contributed by atoms with E-state index in [2.05, 4.69) is 15.8 Å². The van der Waals surface area contributed by atoms with E-state index in [9.17, 15) is 4.79 Å². The van der Waals surface area contributed by atoms with E-state index in [0.717, 1.165) is 0 Å². The van der Waals surface area contributed by atoms with E-state index in [0.29, 0.717) is 19.0 Å². The molecule has 0 aliphatic carbocycles. The van der Waals surface area contributed by atoms with Gasteiger partial charge in [-0.1, -0.05) is 25.9 Å². The van der Waals surface area contributed by atoms with E-state index in [4.69, 9.17) is 10.9 Å². The maximum absolute atomic E-state index is 11.6. The maximum atomic E-state index is 11.6. The lowest BCUT2D eigenvalue weighted by Crippen LogP contribution is -2.45. The van der Waals surface area contributed by atoms with Crippen molar-refractivity contribution in [1.29, 1.82) is 0 Å². The number of oxime groups is 1. The molecule has 0 bridgehead atoms. The summed E-state index contributed by atoms with van der Waals surface area (Å²) in [5, 5.41) is 17.3. The van der Waals surface area contributed by atoms with Gasteiger partial charge < -0.3 is 21.6 Å². The summed E-state index contributed by atoms with van der Waals surface area (Å²) in [4.78, 5) is 11.6. The molecule has 0 aliphatic heterocycles. The molecule has 0 aromatic heterocycles. The van der Waals surface area contributed by atoms with Crippen LogP contribution in [0.4, 0.5) is 0 Å². The molecule has 1 amide bonds. The van der Waals surface area contributed by atoms with Crippen LogP contribution < -0.4 is 16.4 Å². The third kappa shape index (κ3) is 6.78. The Bertz CT molecular complexity index is 266. The average molecular weight is 244 g/mol. The zero-order valence-electron chi connectivity index (χ0n) is 11.0. The number of carbonyl (C=O) groups excluding carboxylic acids is 1. The number of nitrogens with one attached hydrogen (secondary N) is 2. The maximum Gasteiger partial charge on any atom is 0.236 e. The molecule has 100 valence electrons. The number of rotatable bonds is 7. The number of amides is 1. The zero-order valence-corrected chi connectivity index (χ0v) is 11.0. The van der Waals surface area contributed by atoms with Gasteiger partial charge in [0, 0.05) is 19.0 Å². The smallest absolute Gasteiger partial charge is 0.236 e. The topological polar surface area (TPSA) is 99.7 Å². The normalized spacial score (nSPS) is 15.7. The number of nitrogens with two attached hydrogens (primary N) is 1. The van der Waals surface area contributed by atoms with Crippen LogP contribution in [-0.2, 0) is 4.79 Å². The lowest BCUT2D eigenvalue weighted by atomic mass is 10.1. The van der Waals surface area contributed by atoms with Crippen LogP contribution in [0.25, 0.3) is 0 Å². The number of hydrogen-bond donors (Lipinski definition) is 4. The lowest BCUT2D eigenvalue weighted by molar-refractivity contribution is -0.122. The molecule has 0 saturated carbocycles. The average Bonchev–Trinajstić information content (AvgIpc) is 2.31. The minimum atomic E-state index is -0.289. The Balaban J connectivity index is 3.93. The van der Waals surface area contributed by atoms with E-state index >= 15 is 0 Å². The molecule has 0 radical (unpaired) electrons. The molecule has 2 unspecified atom stereocenters. The molecular formula is C11H24N4O2. The Hall–Kier alpha value is -1.30. The van der Waals surface area contributed by atoms with E-state index in [1.54, 1.807) is 6.92 Å². The summed E-state index contributed by atoms with van der Waals surface area (Å²) in [6.45, 7) is 8.85. The van der Waals surface area contributed by atoms with Gasteiger partial charge in [0.2, 0.25) is 5.91 Å². The van der Waals surface area contributed by atoms with Crippen LogP contribution in [0.3, 0.4) is 0 Å². The predicted molar refractivity (Wildman–Crippen MR) is 67.9 cm³/mol. The third-order valence-corrected chi connectivity index (χ3v) is 2.43. The Morgan fingerprint density at radius 1 is 1.29 bits per heavy atom. The van der Waals surface area contributed by atoms with Crippen LogP contribution in [0.1, 0.15) is 27.7 Å². The molecule has 5 N–H and O–H groups in total. The zero-order chi connectivity index (χ0) is 13.4. The van der Waals surface area contributed by atoms with Gasteiger partial charge in [-0.25, -0.2) is 0 Å². The Morgan fingerprint density at radius 2 is 1.88 bits per heavy atom.